The lowest BCUT2D eigenvalue weighted by molar-refractivity contribution is -0.120. The van der Waals surface area contributed by atoms with E-state index in [1.165, 1.54) is 18.4 Å². The summed E-state index contributed by atoms with van der Waals surface area (Å²) in [6.45, 7) is 0.911. The smallest absolute Gasteiger partial charge is 0.233 e. The molecule has 0 saturated heterocycles. The van der Waals surface area contributed by atoms with Gasteiger partial charge in [-0.15, -0.1) is 0 Å². The Labute approximate surface area is 177 Å². The molecule has 2 N–H and O–H groups in total. The van der Waals surface area contributed by atoms with Gasteiger partial charge in [-0.25, -0.2) is 4.68 Å². The van der Waals surface area contributed by atoms with E-state index in [9.17, 15) is 4.79 Å². The van der Waals surface area contributed by atoms with Gasteiger partial charge in [-0.1, -0.05) is 30.3 Å². The van der Waals surface area contributed by atoms with E-state index in [1.54, 1.807) is 7.11 Å². The van der Waals surface area contributed by atoms with Crippen molar-refractivity contribution in [2.24, 2.45) is 5.92 Å². The first-order valence-corrected chi connectivity index (χ1v) is 10.5. The van der Waals surface area contributed by atoms with E-state index in [1.807, 2.05) is 59.5 Å². The average molecular weight is 405 g/mol. The van der Waals surface area contributed by atoms with Gasteiger partial charge in [-0.05, 0) is 60.6 Å². The summed E-state index contributed by atoms with van der Waals surface area (Å²) in [7, 11) is 1.67. The minimum Gasteiger partial charge on any atom is -0.497 e. The Morgan fingerprint density at radius 1 is 1.17 bits per heavy atom. The second kappa shape index (κ2) is 9.59. The van der Waals surface area contributed by atoms with Gasteiger partial charge in [-0.2, -0.15) is 5.10 Å². The third kappa shape index (κ3) is 5.27. The SMILES string of the molecule is COc1ccc(C(NCC(=O)NCCc2cnn(-c3ccccc3)c2)C2CC2)cc1. The van der Waals surface area contributed by atoms with Gasteiger partial charge >= 0.3 is 0 Å². The largest absolute Gasteiger partial charge is 0.497 e. The molecule has 0 bridgehead atoms. The molecule has 6 heteroatoms. The van der Waals surface area contributed by atoms with Crippen LogP contribution in [0.1, 0.15) is 30.0 Å². The van der Waals surface area contributed by atoms with Crippen LogP contribution in [0.25, 0.3) is 5.69 Å². The molecule has 1 aromatic heterocycles. The van der Waals surface area contributed by atoms with Crippen LogP contribution in [-0.2, 0) is 11.2 Å². The molecule has 156 valence electrons. The van der Waals surface area contributed by atoms with Crippen LogP contribution in [0.15, 0.2) is 67.0 Å². The lowest BCUT2D eigenvalue weighted by Crippen LogP contribution is -2.37. The standard InChI is InChI=1S/C24H28N4O2/c1-30-22-11-9-20(10-12-22)24(19-7-8-19)26-16-23(29)25-14-13-18-15-27-28(17-18)21-5-3-2-4-6-21/h2-6,9-12,15,17,19,24,26H,7-8,13-14,16H2,1H3,(H,25,29). The number of rotatable bonds is 10. The molecule has 0 spiro atoms. The van der Waals surface area contributed by atoms with Gasteiger partial charge in [0.1, 0.15) is 5.75 Å². The minimum atomic E-state index is 0.0182. The van der Waals surface area contributed by atoms with Crippen LogP contribution >= 0.6 is 0 Å². The number of carbonyl (C=O) groups excluding carboxylic acids is 1. The van der Waals surface area contributed by atoms with Crippen LogP contribution in [0, 0.1) is 5.92 Å². The van der Waals surface area contributed by atoms with Gasteiger partial charge in [0.25, 0.3) is 0 Å². The maximum Gasteiger partial charge on any atom is 0.233 e. The fourth-order valence-electron chi connectivity index (χ4n) is 3.62. The van der Waals surface area contributed by atoms with Crippen LogP contribution in [0.4, 0.5) is 0 Å². The summed E-state index contributed by atoms with van der Waals surface area (Å²) in [4.78, 5) is 12.3. The molecule has 0 radical (unpaired) electrons. The number of amides is 1. The van der Waals surface area contributed by atoms with E-state index in [4.69, 9.17) is 4.74 Å². The molecule has 6 nitrogen and oxygen atoms in total. The molecular weight excluding hydrogens is 376 g/mol. The highest BCUT2D eigenvalue weighted by atomic mass is 16.5. The summed E-state index contributed by atoms with van der Waals surface area (Å²) in [5.41, 5.74) is 3.34. The van der Waals surface area contributed by atoms with Crippen molar-refractivity contribution in [2.45, 2.75) is 25.3 Å². The number of benzene rings is 2. The van der Waals surface area contributed by atoms with Crippen molar-refractivity contribution in [2.75, 3.05) is 20.2 Å². The zero-order valence-corrected chi connectivity index (χ0v) is 17.3. The summed E-state index contributed by atoms with van der Waals surface area (Å²) < 4.78 is 7.10. The van der Waals surface area contributed by atoms with Crippen molar-refractivity contribution in [3.05, 3.63) is 78.1 Å². The third-order valence-electron chi connectivity index (χ3n) is 5.44. The Morgan fingerprint density at radius 2 is 1.93 bits per heavy atom. The second-order valence-electron chi connectivity index (χ2n) is 7.70. The van der Waals surface area contributed by atoms with E-state index in [2.05, 4.69) is 27.9 Å². The van der Waals surface area contributed by atoms with Gasteiger partial charge in [-0.3, -0.25) is 4.79 Å². The number of hydrogen-bond acceptors (Lipinski definition) is 4. The molecule has 1 saturated carbocycles. The molecule has 4 rings (SSSR count). The Hall–Kier alpha value is -3.12. The molecule has 1 fully saturated rings. The molecule has 30 heavy (non-hydrogen) atoms. The molecule has 1 aliphatic carbocycles. The van der Waals surface area contributed by atoms with E-state index in [-0.39, 0.29) is 11.9 Å². The Balaban J connectivity index is 1.23. The van der Waals surface area contributed by atoms with Crippen molar-refractivity contribution < 1.29 is 9.53 Å². The van der Waals surface area contributed by atoms with Gasteiger partial charge in [0.2, 0.25) is 5.91 Å². The van der Waals surface area contributed by atoms with Gasteiger partial charge in [0, 0.05) is 18.8 Å². The first-order valence-electron chi connectivity index (χ1n) is 10.5. The lowest BCUT2D eigenvalue weighted by Gasteiger charge is -2.19. The molecule has 0 aliphatic heterocycles. The highest BCUT2D eigenvalue weighted by molar-refractivity contribution is 5.78. The predicted octanol–water partition coefficient (Wildman–Crippen LogP) is 3.28. The normalized spacial score (nSPS) is 14.3. The van der Waals surface area contributed by atoms with Crippen molar-refractivity contribution in [3.8, 4) is 11.4 Å². The van der Waals surface area contributed by atoms with E-state index < -0.39 is 0 Å². The van der Waals surface area contributed by atoms with Crippen LogP contribution in [0.3, 0.4) is 0 Å². The number of aromatic nitrogens is 2. The second-order valence-corrected chi connectivity index (χ2v) is 7.70. The first kappa shape index (κ1) is 20.2. The number of hydrogen-bond donors (Lipinski definition) is 2. The van der Waals surface area contributed by atoms with Crippen LogP contribution in [0.2, 0.25) is 0 Å². The molecule has 1 heterocycles. The summed E-state index contributed by atoms with van der Waals surface area (Å²) in [6.07, 6.45) is 7.02. The Bertz CT molecular complexity index is 949. The quantitative estimate of drug-likeness (QED) is 0.544. The number of ether oxygens (including phenoxy) is 1. The molecule has 3 aromatic rings. The summed E-state index contributed by atoms with van der Waals surface area (Å²) in [5.74, 6) is 1.47. The highest BCUT2D eigenvalue weighted by Gasteiger charge is 2.32. The fourth-order valence-corrected chi connectivity index (χ4v) is 3.62. The lowest BCUT2D eigenvalue weighted by atomic mass is 10.0. The molecule has 1 aliphatic rings. The number of nitrogens with zero attached hydrogens (tertiary/aromatic N) is 2. The predicted molar refractivity (Wildman–Crippen MR) is 117 cm³/mol. The van der Waals surface area contributed by atoms with Gasteiger partial charge in [0.15, 0.2) is 0 Å². The van der Waals surface area contributed by atoms with Crippen molar-refractivity contribution in [3.63, 3.8) is 0 Å². The fraction of sp³-hybridized carbons (Fsp3) is 0.333. The van der Waals surface area contributed by atoms with E-state index in [0.717, 1.165) is 23.4 Å². The number of nitrogens with one attached hydrogen (secondary N) is 2. The number of para-hydroxylation sites is 1. The molecular formula is C24H28N4O2. The maximum atomic E-state index is 12.3. The summed E-state index contributed by atoms with van der Waals surface area (Å²) in [6, 6.07) is 18.3. The monoisotopic (exact) mass is 404 g/mol. The Morgan fingerprint density at radius 3 is 2.63 bits per heavy atom. The average Bonchev–Trinajstić information content (AvgIpc) is 3.52. The van der Waals surface area contributed by atoms with Crippen LogP contribution in [0.5, 0.6) is 5.75 Å². The first-order chi connectivity index (χ1) is 14.7. The molecule has 2 aromatic carbocycles. The topological polar surface area (TPSA) is 68.2 Å². The number of methoxy groups -OCH3 is 1. The zero-order chi connectivity index (χ0) is 20.8. The van der Waals surface area contributed by atoms with Crippen molar-refractivity contribution in [1.82, 2.24) is 20.4 Å². The van der Waals surface area contributed by atoms with Crippen LogP contribution in [-0.4, -0.2) is 35.9 Å². The third-order valence-corrected chi connectivity index (χ3v) is 5.44. The van der Waals surface area contributed by atoms with E-state index in [0.29, 0.717) is 19.0 Å². The van der Waals surface area contributed by atoms with Crippen LogP contribution < -0.4 is 15.4 Å². The highest BCUT2D eigenvalue weighted by Crippen LogP contribution is 2.41. The summed E-state index contributed by atoms with van der Waals surface area (Å²) >= 11 is 0. The number of carbonyl (C=O) groups is 1. The maximum absolute atomic E-state index is 12.3. The Kier molecular flexibility index (Phi) is 6.44. The molecule has 1 unspecified atom stereocenters. The molecule has 1 amide bonds. The van der Waals surface area contributed by atoms with Crippen molar-refractivity contribution >= 4 is 5.91 Å². The van der Waals surface area contributed by atoms with Gasteiger partial charge < -0.3 is 15.4 Å². The van der Waals surface area contributed by atoms with Crippen molar-refractivity contribution in [1.29, 1.82) is 0 Å². The van der Waals surface area contributed by atoms with Gasteiger partial charge in [0.05, 0.1) is 25.5 Å². The minimum absolute atomic E-state index is 0.0182. The van der Waals surface area contributed by atoms with E-state index >= 15 is 0 Å². The molecule has 1 atom stereocenters. The summed E-state index contributed by atoms with van der Waals surface area (Å²) in [5, 5.41) is 10.8. The zero-order valence-electron chi connectivity index (χ0n) is 17.3.